The predicted molar refractivity (Wildman–Crippen MR) is 59.6 cm³/mol. The molecule has 1 N–H and O–H groups in total. The fraction of sp³-hybridized carbons (Fsp3) is 0.100. The Kier molecular flexibility index (Phi) is 3.98. The van der Waals surface area contributed by atoms with Crippen molar-refractivity contribution in [1.29, 1.82) is 0 Å². The van der Waals surface area contributed by atoms with Gasteiger partial charge in [-0.25, -0.2) is 0 Å². The second-order valence-electron chi connectivity index (χ2n) is 2.61. The van der Waals surface area contributed by atoms with Gasteiger partial charge in [0.1, 0.15) is 0 Å². The number of nitrogens with one attached hydrogen (secondary N) is 1. The number of likely N-dealkylation sites (N-methyl/N-ethyl adjacent to an activating group) is 1. The summed E-state index contributed by atoms with van der Waals surface area (Å²) < 4.78 is 0. The fourth-order valence-electron chi connectivity index (χ4n) is 0.891. The van der Waals surface area contributed by atoms with Crippen molar-refractivity contribution >= 4 is 35.2 Å². The van der Waals surface area contributed by atoms with E-state index in [4.69, 9.17) is 23.2 Å². The van der Waals surface area contributed by atoms with Gasteiger partial charge in [0.25, 0.3) is 0 Å². The van der Waals surface area contributed by atoms with E-state index in [9.17, 15) is 4.79 Å². The molecule has 1 aromatic carbocycles. The Hall–Kier alpha value is -0.990. The summed E-state index contributed by atoms with van der Waals surface area (Å²) >= 11 is 11.7. The molecule has 1 amide bonds. The maximum atomic E-state index is 10.9. The molecule has 0 aliphatic carbocycles. The minimum Gasteiger partial charge on any atom is -0.356 e. The van der Waals surface area contributed by atoms with Crippen LogP contribution in [0.1, 0.15) is 5.56 Å². The molecule has 0 saturated heterocycles. The molecular formula is C10H9Cl2NO. The first-order valence-corrected chi connectivity index (χ1v) is 4.74. The highest BCUT2D eigenvalue weighted by molar-refractivity contribution is 6.34. The normalized spacial score (nSPS) is 10.5. The Labute approximate surface area is 92.5 Å². The second-order valence-corrected chi connectivity index (χ2v) is 3.46. The average Bonchev–Trinajstić information content (AvgIpc) is 2.19. The van der Waals surface area contributed by atoms with Crippen LogP contribution >= 0.6 is 23.2 Å². The van der Waals surface area contributed by atoms with E-state index in [2.05, 4.69) is 5.32 Å². The van der Waals surface area contributed by atoms with E-state index >= 15 is 0 Å². The van der Waals surface area contributed by atoms with Crippen LogP contribution in [0.4, 0.5) is 0 Å². The number of hydrogen-bond acceptors (Lipinski definition) is 1. The molecule has 4 heteroatoms. The second kappa shape index (κ2) is 5.03. The first kappa shape index (κ1) is 11.1. The van der Waals surface area contributed by atoms with E-state index in [1.165, 1.54) is 6.08 Å². The number of carbonyl (C=O) groups excluding carboxylic acids is 1. The van der Waals surface area contributed by atoms with Crippen molar-refractivity contribution in [3.8, 4) is 0 Å². The predicted octanol–water partition coefficient (Wildman–Crippen LogP) is 2.75. The van der Waals surface area contributed by atoms with E-state index in [0.29, 0.717) is 10.0 Å². The third kappa shape index (κ3) is 3.05. The maximum absolute atomic E-state index is 10.9. The lowest BCUT2D eigenvalue weighted by Gasteiger charge is -1.98. The van der Waals surface area contributed by atoms with Crippen molar-refractivity contribution in [3.63, 3.8) is 0 Å². The summed E-state index contributed by atoms with van der Waals surface area (Å²) in [6.45, 7) is 0. The van der Waals surface area contributed by atoms with E-state index in [-0.39, 0.29) is 5.91 Å². The van der Waals surface area contributed by atoms with Gasteiger partial charge in [0, 0.05) is 23.2 Å². The summed E-state index contributed by atoms with van der Waals surface area (Å²) in [6.07, 6.45) is 3.02. The SMILES string of the molecule is CNC(=O)/C=C/c1cc(Cl)ccc1Cl. The van der Waals surface area contributed by atoms with Crippen LogP contribution in [0.5, 0.6) is 0 Å². The third-order valence-electron chi connectivity index (χ3n) is 1.62. The van der Waals surface area contributed by atoms with Gasteiger partial charge in [0.2, 0.25) is 5.91 Å². The summed E-state index contributed by atoms with van der Waals surface area (Å²) in [5.74, 6) is -0.180. The Bertz CT molecular complexity index is 374. The van der Waals surface area contributed by atoms with Gasteiger partial charge in [-0.2, -0.15) is 0 Å². The van der Waals surface area contributed by atoms with E-state index < -0.39 is 0 Å². The molecule has 0 saturated carbocycles. The maximum Gasteiger partial charge on any atom is 0.243 e. The van der Waals surface area contributed by atoms with Gasteiger partial charge in [-0.3, -0.25) is 4.79 Å². The zero-order valence-electron chi connectivity index (χ0n) is 7.55. The van der Waals surface area contributed by atoms with E-state index in [0.717, 1.165) is 5.56 Å². The summed E-state index contributed by atoms with van der Waals surface area (Å²) in [7, 11) is 1.56. The monoisotopic (exact) mass is 229 g/mol. The highest BCUT2D eigenvalue weighted by Gasteiger charge is 1.98. The van der Waals surface area contributed by atoms with Crippen LogP contribution in [0.25, 0.3) is 6.08 Å². The Morgan fingerprint density at radius 2 is 2.14 bits per heavy atom. The number of hydrogen-bond donors (Lipinski definition) is 1. The molecule has 0 heterocycles. The lowest BCUT2D eigenvalue weighted by molar-refractivity contribution is -0.115. The van der Waals surface area contributed by atoms with Crippen LogP contribution in [-0.2, 0) is 4.79 Å². The summed E-state index contributed by atoms with van der Waals surface area (Å²) in [6, 6.07) is 5.08. The molecule has 14 heavy (non-hydrogen) atoms. The summed E-state index contributed by atoms with van der Waals surface area (Å²) in [4.78, 5) is 10.9. The van der Waals surface area contributed by atoms with Crippen LogP contribution < -0.4 is 5.32 Å². The Morgan fingerprint density at radius 1 is 1.43 bits per heavy atom. The van der Waals surface area contributed by atoms with Gasteiger partial charge >= 0.3 is 0 Å². The molecule has 0 bridgehead atoms. The van der Waals surface area contributed by atoms with Crippen LogP contribution in [0.15, 0.2) is 24.3 Å². The van der Waals surface area contributed by atoms with Crippen molar-refractivity contribution in [3.05, 3.63) is 39.9 Å². The molecule has 1 aromatic rings. The number of amides is 1. The van der Waals surface area contributed by atoms with Crippen molar-refractivity contribution in [2.45, 2.75) is 0 Å². The lowest BCUT2D eigenvalue weighted by atomic mass is 10.2. The summed E-state index contributed by atoms with van der Waals surface area (Å²) in [5.41, 5.74) is 0.725. The number of rotatable bonds is 2. The lowest BCUT2D eigenvalue weighted by Crippen LogP contribution is -2.13. The van der Waals surface area contributed by atoms with Crippen LogP contribution in [0.2, 0.25) is 10.0 Å². The molecule has 0 radical (unpaired) electrons. The first-order chi connectivity index (χ1) is 6.63. The number of benzene rings is 1. The van der Waals surface area contributed by atoms with Gasteiger partial charge in [-0.15, -0.1) is 0 Å². The zero-order valence-corrected chi connectivity index (χ0v) is 9.06. The van der Waals surface area contributed by atoms with Crippen LogP contribution in [0, 0.1) is 0 Å². The molecule has 0 spiro atoms. The molecule has 0 atom stereocenters. The molecule has 0 aromatic heterocycles. The molecule has 0 fully saturated rings. The zero-order chi connectivity index (χ0) is 10.6. The Balaban J connectivity index is 2.90. The Morgan fingerprint density at radius 3 is 2.79 bits per heavy atom. The number of carbonyl (C=O) groups is 1. The quantitative estimate of drug-likeness (QED) is 0.777. The van der Waals surface area contributed by atoms with Crippen LogP contribution in [-0.4, -0.2) is 13.0 Å². The van der Waals surface area contributed by atoms with Gasteiger partial charge < -0.3 is 5.32 Å². The van der Waals surface area contributed by atoms with Gasteiger partial charge in [-0.1, -0.05) is 23.2 Å². The van der Waals surface area contributed by atoms with Crippen molar-refractivity contribution < 1.29 is 4.79 Å². The number of halogens is 2. The highest BCUT2D eigenvalue weighted by atomic mass is 35.5. The molecule has 74 valence electrons. The van der Waals surface area contributed by atoms with Gasteiger partial charge in [0.05, 0.1) is 0 Å². The minimum atomic E-state index is -0.180. The smallest absolute Gasteiger partial charge is 0.243 e. The van der Waals surface area contributed by atoms with Crippen LogP contribution in [0.3, 0.4) is 0 Å². The van der Waals surface area contributed by atoms with E-state index in [1.807, 2.05) is 0 Å². The van der Waals surface area contributed by atoms with Crippen molar-refractivity contribution in [2.24, 2.45) is 0 Å². The molecule has 0 aliphatic heterocycles. The average molecular weight is 230 g/mol. The minimum absolute atomic E-state index is 0.180. The summed E-state index contributed by atoms with van der Waals surface area (Å²) in [5, 5.41) is 3.62. The molecule has 1 rings (SSSR count). The topological polar surface area (TPSA) is 29.1 Å². The standard InChI is InChI=1S/C10H9Cl2NO/c1-13-10(14)5-2-7-6-8(11)3-4-9(7)12/h2-6H,1H3,(H,13,14)/b5-2+. The molecule has 0 aliphatic rings. The largest absolute Gasteiger partial charge is 0.356 e. The van der Waals surface area contributed by atoms with Crippen molar-refractivity contribution in [2.75, 3.05) is 7.05 Å². The van der Waals surface area contributed by atoms with Crippen molar-refractivity contribution in [1.82, 2.24) is 5.32 Å². The highest BCUT2D eigenvalue weighted by Crippen LogP contribution is 2.21. The third-order valence-corrected chi connectivity index (χ3v) is 2.20. The molecule has 2 nitrogen and oxygen atoms in total. The molecule has 0 unspecified atom stereocenters. The molecular weight excluding hydrogens is 221 g/mol. The van der Waals surface area contributed by atoms with Gasteiger partial charge in [0.15, 0.2) is 0 Å². The van der Waals surface area contributed by atoms with Gasteiger partial charge in [-0.05, 0) is 29.8 Å². The van der Waals surface area contributed by atoms with E-state index in [1.54, 1.807) is 31.3 Å². The first-order valence-electron chi connectivity index (χ1n) is 3.98. The fourth-order valence-corrected chi connectivity index (χ4v) is 1.25.